The number of nitrogens with zero attached hydrogens (tertiary/aromatic N) is 1. The van der Waals surface area contributed by atoms with Crippen LogP contribution in [0.25, 0.3) is 0 Å². The van der Waals surface area contributed by atoms with Crippen molar-refractivity contribution in [3.8, 4) is 0 Å². The lowest BCUT2D eigenvalue weighted by molar-refractivity contribution is -0.149. The number of rotatable bonds is 6. The predicted molar refractivity (Wildman–Crippen MR) is 78.0 cm³/mol. The monoisotopic (exact) mass is 270 g/mol. The van der Waals surface area contributed by atoms with E-state index in [0.29, 0.717) is 13.0 Å². The van der Waals surface area contributed by atoms with Crippen LogP contribution in [0.5, 0.6) is 0 Å². The third-order valence-electron chi connectivity index (χ3n) is 3.86. The minimum Gasteiger partial charge on any atom is -0.465 e. The number of carbonyl (C=O) groups excluding carboxylic acids is 1. The molecule has 0 aromatic heterocycles. The Morgan fingerprint density at radius 1 is 1.21 bits per heavy atom. The van der Waals surface area contributed by atoms with Gasteiger partial charge in [0.1, 0.15) is 5.54 Å². The molecule has 1 aliphatic heterocycles. The van der Waals surface area contributed by atoms with E-state index in [1.54, 1.807) is 6.92 Å². The van der Waals surface area contributed by atoms with Crippen molar-refractivity contribution in [3.05, 3.63) is 0 Å². The maximum Gasteiger partial charge on any atom is 0.325 e. The van der Waals surface area contributed by atoms with Gasteiger partial charge in [-0.05, 0) is 59.2 Å². The van der Waals surface area contributed by atoms with Crippen LogP contribution in [-0.4, -0.2) is 42.6 Å². The molecule has 1 aliphatic rings. The fourth-order valence-electron chi connectivity index (χ4n) is 2.60. The zero-order valence-corrected chi connectivity index (χ0v) is 12.6. The molecule has 1 atom stereocenters. The van der Waals surface area contributed by atoms with Crippen LogP contribution in [0.4, 0.5) is 0 Å². The van der Waals surface area contributed by atoms with E-state index in [-0.39, 0.29) is 5.97 Å². The zero-order chi connectivity index (χ0) is 14.1. The molecule has 1 rings (SSSR count). The highest BCUT2D eigenvalue weighted by molar-refractivity contribution is 5.79. The maximum absolute atomic E-state index is 11.7. The van der Waals surface area contributed by atoms with E-state index >= 15 is 0 Å². The van der Waals surface area contributed by atoms with Crippen molar-refractivity contribution < 1.29 is 9.53 Å². The molecule has 4 heteroatoms. The molecule has 0 aliphatic carbocycles. The average Bonchev–Trinajstić information content (AvgIpc) is 2.32. The lowest BCUT2D eigenvalue weighted by Gasteiger charge is -2.27. The molecule has 0 amide bonds. The summed E-state index contributed by atoms with van der Waals surface area (Å²) in [5.41, 5.74) is 5.19. The van der Waals surface area contributed by atoms with Gasteiger partial charge in [0.25, 0.3) is 0 Å². The number of hydrogen-bond acceptors (Lipinski definition) is 4. The summed E-state index contributed by atoms with van der Waals surface area (Å²) in [5.74, 6) is -0.275. The smallest absolute Gasteiger partial charge is 0.325 e. The summed E-state index contributed by atoms with van der Waals surface area (Å²) in [6.45, 7) is 7.43. The van der Waals surface area contributed by atoms with Crippen molar-refractivity contribution in [1.29, 1.82) is 0 Å². The standard InChI is InChI=1S/C15H30N2O2/c1-3-19-14(18)15(2,16)10-9-13-17-11-7-5-4-6-8-12-17/h3-13,16H2,1-2H3. The summed E-state index contributed by atoms with van der Waals surface area (Å²) < 4.78 is 5.01. The molecule has 112 valence electrons. The second-order valence-electron chi connectivity index (χ2n) is 5.85. The SMILES string of the molecule is CCOC(=O)C(C)(N)CCCN1CCCCCCC1. The second kappa shape index (κ2) is 8.54. The molecule has 2 N–H and O–H groups in total. The first-order valence-corrected chi connectivity index (χ1v) is 7.74. The predicted octanol–water partition coefficient (Wildman–Crippen LogP) is 2.31. The van der Waals surface area contributed by atoms with Crippen LogP contribution in [0, 0.1) is 0 Å². The molecule has 19 heavy (non-hydrogen) atoms. The Kier molecular flexibility index (Phi) is 7.39. The van der Waals surface area contributed by atoms with Crippen molar-refractivity contribution in [2.75, 3.05) is 26.2 Å². The lowest BCUT2D eigenvalue weighted by Crippen LogP contribution is -2.46. The fourth-order valence-corrected chi connectivity index (χ4v) is 2.60. The van der Waals surface area contributed by atoms with Gasteiger partial charge in [-0.25, -0.2) is 0 Å². The van der Waals surface area contributed by atoms with Crippen LogP contribution in [0.15, 0.2) is 0 Å². The molecular formula is C15H30N2O2. The normalized spacial score (nSPS) is 21.2. The Hall–Kier alpha value is -0.610. The zero-order valence-electron chi connectivity index (χ0n) is 12.6. The van der Waals surface area contributed by atoms with Crippen molar-refractivity contribution in [2.24, 2.45) is 5.73 Å². The highest BCUT2D eigenvalue weighted by Crippen LogP contribution is 2.14. The van der Waals surface area contributed by atoms with E-state index in [0.717, 1.165) is 13.0 Å². The third kappa shape index (κ3) is 6.39. The molecule has 1 saturated heterocycles. The molecule has 1 unspecified atom stereocenters. The van der Waals surface area contributed by atoms with E-state index in [4.69, 9.17) is 10.5 Å². The molecule has 0 spiro atoms. The van der Waals surface area contributed by atoms with Crippen LogP contribution in [0.3, 0.4) is 0 Å². The van der Waals surface area contributed by atoms with Gasteiger partial charge in [0.05, 0.1) is 6.61 Å². The van der Waals surface area contributed by atoms with E-state index in [1.165, 1.54) is 45.2 Å². The van der Waals surface area contributed by atoms with Gasteiger partial charge in [-0.2, -0.15) is 0 Å². The lowest BCUT2D eigenvalue weighted by atomic mass is 9.97. The van der Waals surface area contributed by atoms with Crippen LogP contribution in [-0.2, 0) is 9.53 Å². The third-order valence-corrected chi connectivity index (χ3v) is 3.86. The van der Waals surface area contributed by atoms with Crippen molar-refractivity contribution >= 4 is 5.97 Å². The van der Waals surface area contributed by atoms with E-state index in [1.807, 2.05) is 6.92 Å². The van der Waals surface area contributed by atoms with Crippen LogP contribution in [0.2, 0.25) is 0 Å². The van der Waals surface area contributed by atoms with E-state index < -0.39 is 5.54 Å². The van der Waals surface area contributed by atoms with Crippen LogP contribution < -0.4 is 5.73 Å². The number of ether oxygens (including phenoxy) is 1. The Morgan fingerprint density at radius 3 is 2.37 bits per heavy atom. The van der Waals surface area contributed by atoms with Gasteiger partial charge >= 0.3 is 5.97 Å². The molecule has 0 bridgehead atoms. The van der Waals surface area contributed by atoms with Crippen LogP contribution >= 0.6 is 0 Å². The quantitative estimate of drug-likeness (QED) is 0.753. The molecule has 0 aromatic carbocycles. The molecule has 4 nitrogen and oxygen atoms in total. The largest absolute Gasteiger partial charge is 0.465 e. The van der Waals surface area contributed by atoms with Gasteiger partial charge in [-0.1, -0.05) is 19.3 Å². The Morgan fingerprint density at radius 2 is 1.79 bits per heavy atom. The van der Waals surface area contributed by atoms with Crippen molar-refractivity contribution in [3.63, 3.8) is 0 Å². The number of likely N-dealkylation sites (tertiary alicyclic amines) is 1. The second-order valence-corrected chi connectivity index (χ2v) is 5.85. The first-order chi connectivity index (χ1) is 9.06. The summed E-state index contributed by atoms with van der Waals surface area (Å²) in [6, 6.07) is 0. The molecule has 0 radical (unpaired) electrons. The molecule has 0 saturated carbocycles. The van der Waals surface area contributed by atoms with E-state index in [2.05, 4.69) is 4.90 Å². The van der Waals surface area contributed by atoms with Gasteiger partial charge < -0.3 is 15.4 Å². The highest BCUT2D eigenvalue weighted by Gasteiger charge is 2.29. The topological polar surface area (TPSA) is 55.6 Å². The van der Waals surface area contributed by atoms with Gasteiger partial charge in [0, 0.05) is 0 Å². The number of nitrogens with two attached hydrogens (primary N) is 1. The Bertz CT molecular complexity index is 259. The van der Waals surface area contributed by atoms with Crippen molar-refractivity contribution in [1.82, 2.24) is 4.90 Å². The minimum absolute atomic E-state index is 0.275. The maximum atomic E-state index is 11.7. The summed E-state index contributed by atoms with van der Waals surface area (Å²) in [7, 11) is 0. The first kappa shape index (κ1) is 16.4. The molecular weight excluding hydrogens is 240 g/mol. The van der Waals surface area contributed by atoms with E-state index in [9.17, 15) is 4.79 Å². The van der Waals surface area contributed by atoms with Gasteiger partial charge in [-0.15, -0.1) is 0 Å². The van der Waals surface area contributed by atoms with Gasteiger partial charge in [0.15, 0.2) is 0 Å². The summed E-state index contributed by atoms with van der Waals surface area (Å²) in [6.07, 6.45) is 8.36. The number of esters is 1. The van der Waals surface area contributed by atoms with Crippen molar-refractivity contribution in [2.45, 2.75) is 64.3 Å². The molecule has 0 aromatic rings. The summed E-state index contributed by atoms with van der Waals surface area (Å²) in [5, 5.41) is 0. The summed E-state index contributed by atoms with van der Waals surface area (Å²) in [4.78, 5) is 14.2. The average molecular weight is 270 g/mol. The first-order valence-electron chi connectivity index (χ1n) is 7.74. The summed E-state index contributed by atoms with van der Waals surface area (Å²) >= 11 is 0. The Labute approximate surface area is 117 Å². The number of hydrogen-bond donors (Lipinski definition) is 1. The highest BCUT2D eigenvalue weighted by atomic mass is 16.5. The van der Waals surface area contributed by atoms with Crippen LogP contribution in [0.1, 0.15) is 58.8 Å². The fraction of sp³-hybridized carbons (Fsp3) is 0.933. The molecule has 1 fully saturated rings. The van der Waals surface area contributed by atoms with Gasteiger partial charge in [-0.3, -0.25) is 4.79 Å². The number of carbonyl (C=O) groups is 1. The molecule has 1 heterocycles. The minimum atomic E-state index is -0.835. The van der Waals surface area contributed by atoms with Gasteiger partial charge in [0.2, 0.25) is 0 Å². The Balaban J connectivity index is 2.25.